The number of hydrogen-bond donors (Lipinski definition) is 1. The summed E-state index contributed by atoms with van der Waals surface area (Å²) >= 11 is 0. The first kappa shape index (κ1) is 14.3. The van der Waals surface area contributed by atoms with Crippen molar-refractivity contribution in [3.8, 4) is 0 Å². The van der Waals surface area contributed by atoms with Crippen LogP contribution in [0.3, 0.4) is 0 Å². The lowest BCUT2D eigenvalue weighted by molar-refractivity contribution is 0.152. The molecule has 3 nitrogen and oxygen atoms in total. The number of rotatable bonds is 6. The van der Waals surface area contributed by atoms with E-state index in [-0.39, 0.29) is 0 Å². The highest BCUT2D eigenvalue weighted by Crippen LogP contribution is 2.14. The molecule has 3 heteroatoms. The second-order valence-electron chi connectivity index (χ2n) is 6.35. The Morgan fingerprint density at radius 1 is 1.22 bits per heavy atom. The van der Waals surface area contributed by atoms with Crippen molar-refractivity contribution < 1.29 is 0 Å². The van der Waals surface area contributed by atoms with Crippen molar-refractivity contribution in [2.24, 2.45) is 5.92 Å². The maximum absolute atomic E-state index is 3.54. The molecule has 2 aliphatic heterocycles. The molecule has 1 unspecified atom stereocenters. The number of piperidine rings is 1. The maximum atomic E-state index is 3.54. The number of nitrogens with zero attached hydrogens (tertiary/aromatic N) is 2. The lowest BCUT2D eigenvalue weighted by Crippen LogP contribution is -2.44. The Bertz CT molecular complexity index is 218. The van der Waals surface area contributed by atoms with Crippen LogP contribution in [0.4, 0.5) is 0 Å². The highest BCUT2D eigenvalue weighted by molar-refractivity contribution is 4.76. The lowest BCUT2D eigenvalue weighted by atomic mass is 9.98. The van der Waals surface area contributed by atoms with Crippen molar-refractivity contribution in [1.29, 1.82) is 0 Å². The van der Waals surface area contributed by atoms with Crippen LogP contribution in [-0.4, -0.2) is 61.7 Å². The van der Waals surface area contributed by atoms with Crippen molar-refractivity contribution >= 4 is 0 Å². The Kier molecular flexibility index (Phi) is 5.93. The highest BCUT2D eigenvalue weighted by atomic mass is 15.2. The van der Waals surface area contributed by atoms with Gasteiger partial charge < -0.3 is 10.2 Å². The summed E-state index contributed by atoms with van der Waals surface area (Å²) in [4.78, 5) is 5.32. The molecular weight excluding hydrogens is 222 g/mol. The van der Waals surface area contributed by atoms with Gasteiger partial charge in [0.05, 0.1) is 0 Å². The third kappa shape index (κ3) is 4.52. The molecule has 18 heavy (non-hydrogen) atoms. The van der Waals surface area contributed by atoms with Crippen LogP contribution in [0.1, 0.15) is 39.5 Å². The van der Waals surface area contributed by atoms with Gasteiger partial charge in [-0.05, 0) is 71.6 Å². The van der Waals surface area contributed by atoms with E-state index in [0.29, 0.717) is 6.04 Å². The van der Waals surface area contributed by atoms with Crippen LogP contribution in [0, 0.1) is 5.92 Å². The van der Waals surface area contributed by atoms with E-state index in [1.54, 1.807) is 0 Å². The van der Waals surface area contributed by atoms with Gasteiger partial charge in [0.15, 0.2) is 0 Å². The Labute approximate surface area is 113 Å². The first-order valence-electron chi connectivity index (χ1n) is 7.93. The van der Waals surface area contributed by atoms with E-state index in [9.17, 15) is 0 Å². The molecule has 0 aromatic heterocycles. The smallest absolute Gasteiger partial charge is 0.0112 e. The molecule has 0 bridgehead atoms. The fourth-order valence-corrected chi connectivity index (χ4v) is 3.25. The van der Waals surface area contributed by atoms with Crippen LogP contribution in [0.15, 0.2) is 0 Å². The Hall–Kier alpha value is -0.120. The zero-order chi connectivity index (χ0) is 12.8. The van der Waals surface area contributed by atoms with Gasteiger partial charge in [-0.25, -0.2) is 0 Å². The molecule has 0 saturated carbocycles. The predicted molar refractivity (Wildman–Crippen MR) is 78.0 cm³/mol. The monoisotopic (exact) mass is 253 g/mol. The van der Waals surface area contributed by atoms with Crippen LogP contribution < -0.4 is 5.32 Å². The standard InChI is InChI=1S/C15H31N3/c1-14(2)18(11-10-17-8-3-4-9-17)13-15-6-5-7-16-12-15/h14-16H,3-13H2,1-2H3. The lowest BCUT2D eigenvalue weighted by Gasteiger charge is -2.33. The predicted octanol–water partition coefficient (Wildman–Crippen LogP) is 1.79. The molecule has 0 amide bonds. The summed E-state index contributed by atoms with van der Waals surface area (Å²) in [6, 6.07) is 0.689. The third-order valence-electron chi connectivity index (χ3n) is 4.52. The summed E-state index contributed by atoms with van der Waals surface area (Å²) in [5.74, 6) is 0.875. The minimum atomic E-state index is 0.689. The fourth-order valence-electron chi connectivity index (χ4n) is 3.25. The van der Waals surface area contributed by atoms with Gasteiger partial charge in [0, 0.05) is 25.7 Å². The van der Waals surface area contributed by atoms with E-state index in [1.807, 2.05) is 0 Å². The molecule has 1 atom stereocenters. The molecule has 0 aliphatic carbocycles. The van der Waals surface area contributed by atoms with E-state index in [4.69, 9.17) is 0 Å². The van der Waals surface area contributed by atoms with Crippen LogP contribution in [0.2, 0.25) is 0 Å². The van der Waals surface area contributed by atoms with E-state index >= 15 is 0 Å². The van der Waals surface area contributed by atoms with Crippen LogP contribution in [0.5, 0.6) is 0 Å². The SMILES string of the molecule is CC(C)N(CCN1CCCC1)CC1CCCNC1. The van der Waals surface area contributed by atoms with E-state index in [0.717, 1.165) is 5.92 Å². The summed E-state index contributed by atoms with van der Waals surface area (Å²) in [5, 5.41) is 3.54. The Morgan fingerprint density at radius 3 is 2.61 bits per heavy atom. The van der Waals surface area contributed by atoms with Crippen LogP contribution in [0.25, 0.3) is 0 Å². The molecule has 2 rings (SSSR count). The van der Waals surface area contributed by atoms with Gasteiger partial charge in [0.2, 0.25) is 0 Å². The van der Waals surface area contributed by atoms with Gasteiger partial charge in [-0.2, -0.15) is 0 Å². The van der Waals surface area contributed by atoms with Crippen LogP contribution >= 0.6 is 0 Å². The molecule has 1 N–H and O–H groups in total. The quantitative estimate of drug-likeness (QED) is 0.778. The van der Waals surface area contributed by atoms with Crippen molar-refractivity contribution in [3.63, 3.8) is 0 Å². The van der Waals surface area contributed by atoms with Gasteiger partial charge in [-0.15, -0.1) is 0 Å². The van der Waals surface area contributed by atoms with Crippen molar-refractivity contribution in [3.05, 3.63) is 0 Å². The average Bonchev–Trinajstić information content (AvgIpc) is 2.88. The minimum absolute atomic E-state index is 0.689. The summed E-state index contributed by atoms with van der Waals surface area (Å²) in [6.45, 7) is 13.6. The Balaban J connectivity index is 1.72. The summed E-state index contributed by atoms with van der Waals surface area (Å²) in [6.07, 6.45) is 5.60. The molecule has 0 radical (unpaired) electrons. The first-order chi connectivity index (χ1) is 8.75. The molecule has 2 saturated heterocycles. The van der Waals surface area contributed by atoms with Gasteiger partial charge in [0.1, 0.15) is 0 Å². The van der Waals surface area contributed by atoms with Crippen molar-refractivity contribution in [2.45, 2.75) is 45.6 Å². The average molecular weight is 253 g/mol. The molecule has 106 valence electrons. The molecule has 2 heterocycles. The first-order valence-corrected chi connectivity index (χ1v) is 7.93. The minimum Gasteiger partial charge on any atom is -0.316 e. The molecule has 0 aromatic carbocycles. The summed E-state index contributed by atoms with van der Waals surface area (Å²) < 4.78 is 0. The second kappa shape index (κ2) is 7.46. The molecule has 0 aromatic rings. The fraction of sp³-hybridized carbons (Fsp3) is 1.00. The molecule has 2 fully saturated rings. The molecule has 0 spiro atoms. The van der Waals surface area contributed by atoms with Gasteiger partial charge in [0.25, 0.3) is 0 Å². The number of nitrogens with one attached hydrogen (secondary N) is 1. The van der Waals surface area contributed by atoms with E-state index in [1.165, 1.54) is 71.5 Å². The van der Waals surface area contributed by atoms with E-state index in [2.05, 4.69) is 29.0 Å². The maximum Gasteiger partial charge on any atom is 0.0112 e. The van der Waals surface area contributed by atoms with Gasteiger partial charge >= 0.3 is 0 Å². The van der Waals surface area contributed by atoms with Gasteiger partial charge in [-0.3, -0.25) is 4.90 Å². The van der Waals surface area contributed by atoms with Crippen LogP contribution in [-0.2, 0) is 0 Å². The van der Waals surface area contributed by atoms with Gasteiger partial charge in [-0.1, -0.05) is 0 Å². The molecular formula is C15H31N3. The Morgan fingerprint density at radius 2 is 2.00 bits per heavy atom. The topological polar surface area (TPSA) is 18.5 Å². The summed E-state index contributed by atoms with van der Waals surface area (Å²) in [5.41, 5.74) is 0. The third-order valence-corrected chi connectivity index (χ3v) is 4.52. The van der Waals surface area contributed by atoms with Crippen molar-refractivity contribution in [2.75, 3.05) is 45.8 Å². The second-order valence-corrected chi connectivity index (χ2v) is 6.35. The van der Waals surface area contributed by atoms with Crippen molar-refractivity contribution in [1.82, 2.24) is 15.1 Å². The normalized spacial score (nSPS) is 26.3. The zero-order valence-corrected chi connectivity index (χ0v) is 12.3. The van der Waals surface area contributed by atoms with E-state index < -0.39 is 0 Å². The number of hydrogen-bond acceptors (Lipinski definition) is 3. The summed E-state index contributed by atoms with van der Waals surface area (Å²) in [7, 11) is 0. The molecule has 2 aliphatic rings. The highest BCUT2D eigenvalue weighted by Gasteiger charge is 2.20. The largest absolute Gasteiger partial charge is 0.316 e. The zero-order valence-electron chi connectivity index (χ0n) is 12.3. The number of likely N-dealkylation sites (tertiary alicyclic amines) is 1.